The first-order valence-electron chi connectivity index (χ1n) is 16.0. The summed E-state index contributed by atoms with van der Waals surface area (Å²) in [5, 5.41) is 0. The average molecular weight is 687 g/mol. The number of fused-ring (bicyclic) bond motifs is 1. The van der Waals surface area contributed by atoms with Gasteiger partial charge in [0.1, 0.15) is 6.61 Å². The van der Waals surface area contributed by atoms with E-state index < -0.39 is 12.0 Å². The lowest BCUT2D eigenvalue weighted by Crippen LogP contribution is -2.39. The maximum Gasteiger partial charge on any atom is 0.338 e. The Hall–Kier alpha value is -5.36. The van der Waals surface area contributed by atoms with Crippen molar-refractivity contribution in [3.05, 3.63) is 114 Å². The van der Waals surface area contributed by atoms with Gasteiger partial charge in [-0.05, 0) is 86.9 Å². The molecule has 0 radical (unpaired) electrons. The molecule has 49 heavy (non-hydrogen) atoms. The maximum atomic E-state index is 14.0. The fraction of sp³-hybridized carbons (Fsp3) is 0.297. The van der Waals surface area contributed by atoms with Crippen LogP contribution in [0.4, 0.5) is 0 Å². The number of rotatable bonds is 14. The van der Waals surface area contributed by atoms with E-state index in [4.69, 9.17) is 28.4 Å². The third kappa shape index (κ3) is 7.86. The van der Waals surface area contributed by atoms with Crippen LogP contribution in [0.1, 0.15) is 60.8 Å². The molecular formula is C37H38N2O9S. The standard InChI is InChI=1S/C37H38N2O9S/c1-6-44-28-17-15-26(20-31(28)46-8-3)33-27(36(42)43-5)21-38-37-39(33)34(40)32(49-37)19-24-12-16-29(30(18-24)45-7-2)48-22-23-10-13-25(14-11-23)35(41)47-9-4/h10-21,33H,6-9,22H2,1-5H3/b32-19+/t33-/m1/s1. The molecule has 0 N–H and O–H groups in total. The Labute approximate surface area is 287 Å². The minimum Gasteiger partial charge on any atom is -0.490 e. The van der Waals surface area contributed by atoms with Gasteiger partial charge in [-0.15, -0.1) is 0 Å². The number of nitrogens with zero attached hydrogens (tertiary/aromatic N) is 2. The highest BCUT2D eigenvalue weighted by Crippen LogP contribution is 2.35. The van der Waals surface area contributed by atoms with Gasteiger partial charge < -0.3 is 28.4 Å². The first-order chi connectivity index (χ1) is 23.8. The van der Waals surface area contributed by atoms with Crippen LogP contribution >= 0.6 is 11.3 Å². The molecule has 256 valence electrons. The monoisotopic (exact) mass is 686 g/mol. The number of esters is 2. The van der Waals surface area contributed by atoms with E-state index in [1.165, 1.54) is 29.2 Å². The zero-order valence-electron chi connectivity index (χ0n) is 28.0. The van der Waals surface area contributed by atoms with Gasteiger partial charge in [-0.2, -0.15) is 0 Å². The molecule has 0 saturated carbocycles. The zero-order valence-corrected chi connectivity index (χ0v) is 28.8. The number of benzene rings is 3. The third-order valence-corrected chi connectivity index (χ3v) is 8.43. The van der Waals surface area contributed by atoms with Gasteiger partial charge in [-0.25, -0.2) is 14.6 Å². The van der Waals surface area contributed by atoms with Crippen LogP contribution in [0.2, 0.25) is 0 Å². The number of hydrogen-bond donors (Lipinski definition) is 0. The van der Waals surface area contributed by atoms with E-state index in [9.17, 15) is 14.4 Å². The van der Waals surface area contributed by atoms with Crippen LogP contribution in [0, 0.1) is 0 Å². The van der Waals surface area contributed by atoms with Crippen LogP contribution in [0.15, 0.2) is 82.2 Å². The van der Waals surface area contributed by atoms with Crippen LogP contribution < -0.4 is 33.8 Å². The molecule has 12 heteroatoms. The molecule has 0 amide bonds. The van der Waals surface area contributed by atoms with E-state index in [-0.39, 0.29) is 23.7 Å². The molecule has 1 aliphatic heterocycles. The topological polar surface area (TPSA) is 124 Å². The Morgan fingerprint density at radius 3 is 2.12 bits per heavy atom. The van der Waals surface area contributed by atoms with E-state index in [2.05, 4.69) is 4.99 Å². The summed E-state index contributed by atoms with van der Waals surface area (Å²) in [6, 6.07) is 17.0. The maximum absolute atomic E-state index is 14.0. The van der Waals surface area contributed by atoms with Crippen LogP contribution in [0.5, 0.6) is 23.0 Å². The lowest BCUT2D eigenvalue weighted by atomic mass is 9.97. The normalized spacial score (nSPS) is 13.9. The summed E-state index contributed by atoms with van der Waals surface area (Å²) in [5.41, 5.74) is 2.58. The number of ether oxygens (including phenoxy) is 6. The summed E-state index contributed by atoms with van der Waals surface area (Å²) in [7, 11) is 1.29. The van der Waals surface area contributed by atoms with Crippen molar-refractivity contribution in [3.8, 4) is 23.0 Å². The summed E-state index contributed by atoms with van der Waals surface area (Å²) in [6.07, 6.45) is 3.21. The molecule has 1 aliphatic rings. The number of methoxy groups -OCH3 is 1. The highest BCUT2D eigenvalue weighted by Gasteiger charge is 2.31. The van der Waals surface area contributed by atoms with Crippen molar-refractivity contribution in [3.63, 3.8) is 0 Å². The average Bonchev–Trinajstić information content (AvgIpc) is 3.43. The Morgan fingerprint density at radius 1 is 0.796 bits per heavy atom. The largest absolute Gasteiger partial charge is 0.490 e. The van der Waals surface area contributed by atoms with E-state index in [1.54, 1.807) is 55.5 Å². The van der Waals surface area contributed by atoms with E-state index in [0.29, 0.717) is 75.4 Å². The number of hydrogen-bond acceptors (Lipinski definition) is 11. The number of aromatic nitrogens is 1. The predicted molar refractivity (Wildman–Crippen MR) is 184 cm³/mol. The molecule has 4 aromatic rings. The Morgan fingerprint density at radius 2 is 1.45 bits per heavy atom. The third-order valence-electron chi connectivity index (χ3n) is 7.43. The van der Waals surface area contributed by atoms with Gasteiger partial charge in [0.25, 0.3) is 5.56 Å². The van der Waals surface area contributed by atoms with E-state index >= 15 is 0 Å². The molecule has 0 saturated heterocycles. The molecular weight excluding hydrogens is 648 g/mol. The second-order valence-corrected chi connectivity index (χ2v) is 11.6. The summed E-state index contributed by atoms with van der Waals surface area (Å²) in [4.78, 5) is 43.8. The minimum absolute atomic E-state index is 0.212. The Bertz CT molecular complexity index is 2030. The van der Waals surface area contributed by atoms with Crippen molar-refractivity contribution in [1.29, 1.82) is 0 Å². The lowest BCUT2D eigenvalue weighted by Gasteiger charge is -2.23. The number of carbonyl (C=O) groups is 2. The SMILES string of the molecule is CCOC(=O)c1ccc(COc2ccc(/C=c3/sc4n(c3=O)[C@H](c3ccc(OCC)c(OCC)c3)C(C(=O)OC)=CN=4)cc2OCC)cc1. The van der Waals surface area contributed by atoms with Crippen molar-refractivity contribution in [2.24, 2.45) is 4.99 Å². The van der Waals surface area contributed by atoms with E-state index in [0.717, 1.165) is 5.56 Å². The van der Waals surface area contributed by atoms with Crippen molar-refractivity contribution >= 4 is 29.4 Å². The molecule has 0 aliphatic carbocycles. The zero-order chi connectivity index (χ0) is 34.9. The number of carbonyl (C=O) groups excluding carboxylic acids is 2. The van der Waals surface area contributed by atoms with E-state index in [1.807, 2.05) is 39.0 Å². The van der Waals surface area contributed by atoms with Crippen molar-refractivity contribution in [2.45, 2.75) is 40.3 Å². The molecule has 1 aromatic heterocycles. The van der Waals surface area contributed by atoms with Gasteiger partial charge in [0, 0.05) is 6.20 Å². The molecule has 5 rings (SSSR count). The minimum atomic E-state index is -0.804. The van der Waals surface area contributed by atoms with Crippen molar-refractivity contribution in [1.82, 2.24) is 4.57 Å². The fourth-order valence-corrected chi connectivity index (χ4v) is 6.22. The van der Waals surface area contributed by atoms with Gasteiger partial charge in [0.2, 0.25) is 0 Å². The smallest absolute Gasteiger partial charge is 0.338 e. The second-order valence-electron chi connectivity index (χ2n) is 10.6. The highest BCUT2D eigenvalue weighted by atomic mass is 32.1. The van der Waals surface area contributed by atoms with Gasteiger partial charge in [0.15, 0.2) is 27.8 Å². The Balaban J connectivity index is 1.47. The summed E-state index contributed by atoms with van der Waals surface area (Å²) < 4.78 is 35.6. The molecule has 11 nitrogen and oxygen atoms in total. The highest BCUT2D eigenvalue weighted by molar-refractivity contribution is 7.07. The molecule has 0 spiro atoms. The first kappa shape index (κ1) is 35.0. The van der Waals surface area contributed by atoms with Crippen LogP contribution in [-0.4, -0.2) is 50.0 Å². The van der Waals surface area contributed by atoms with Crippen LogP contribution in [0.25, 0.3) is 6.08 Å². The second kappa shape index (κ2) is 16.2. The molecule has 3 aromatic carbocycles. The number of thiazole rings is 1. The van der Waals surface area contributed by atoms with Gasteiger partial charge >= 0.3 is 11.9 Å². The van der Waals surface area contributed by atoms with Crippen molar-refractivity contribution in [2.75, 3.05) is 33.5 Å². The first-order valence-corrected chi connectivity index (χ1v) is 16.8. The molecule has 0 fully saturated rings. The van der Waals surface area contributed by atoms with Gasteiger partial charge in [-0.3, -0.25) is 9.36 Å². The summed E-state index contributed by atoms with van der Waals surface area (Å²) in [5.74, 6) is 1.14. The fourth-order valence-electron chi connectivity index (χ4n) is 5.25. The van der Waals surface area contributed by atoms with Crippen molar-refractivity contribution < 1.29 is 38.0 Å². The molecule has 2 heterocycles. The Kier molecular flexibility index (Phi) is 11.5. The van der Waals surface area contributed by atoms with Crippen LogP contribution in [0.3, 0.4) is 0 Å². The quantitative estimate of drug-likeness (QED) is 0.169. The predicted octanol–water partition coefficient (Wildman–Crippen LogP) is 4.97. The lowest BCUT2D eigenvalue weighted by molar-refractivity contribution is -0.136. The van der Waals surface area contributed by atoms with Crippen LogP contribution in [-0.2, 0) is 20.9 Å². The molecule has 1 atom stereocenters. The van der Waals surface area contributed by atoms with Gasteiger partial charge in [0.05, 0.1) is 55.2 Å². The summed E-state index contributed by atoms with van der Waals surface area (Å²) in [6.45, 7) is 9.21. The van der Waals surface area contributed by atoms with Gasteiger partial charge in [-0.1, -0.05) is 35.6 Å². The molecule has 0 unspecified atom stereocenters. The molecule has 0 bridgehead atoms. The summed E-state index contributed by atoms with van der Waals surface area (Å²) >= 11 is 1.21.